The first kappa shape index (κ1) is 15.8. The lowest BCUT2D eigenvalue weighted by Gasteiger charge is -2.13. The first-order valence-corrected chi connectivity index (χ1v) is 8.36. The van der Waals surface area contributed by atoms with E-state index in [1.165, 1.54) is 6.33 Å². The molecule has 0 unspecified atom stereocenters. The van der Waals surface area contributed by atoms with Crippen molar-refractivity contribution in [2.45, 2.75) is 0 Å². The molecular weight excluding hydrogens is 422 g/mol. The van der Waals surface area contributed by atoms with E-state index in [0.29, 0.717) is 17.3 Å². The molecule has 0 saturated carbocycles. The van der Waals surface area contributed by atoms with E-state index in [4.69, 9.17) is 5.73 Å². The summed E-state index contributed by atoms with van der Waals surface area (Å²) in [4.78, 5) is 8.42. The van der Waals surface area contributed by atoms with Gasteiger partial charge in [-0.05, 0) is 36.4 Å². The summed E-state index contributed by atoms with van der Waals surface area (Å²) in [6, 6.07) is 15.5. The van der Waals surface area contributed by atoms with E-state index in [2.05, 4.69) is 52.5 Å². The van der Waals surface area contributed by atoms with E-state index in [0.717, 1.165) is 20.3 Å². The number of halogens is 2. The normalized spacial score (nSPS) is 10.3. The zero-order valence-electron chi connectivity index (χ0n) is 11.9. The minimum atomic E-state index is 0.451. The molecule has 0 fully saturated rings. The highest BCUT2D eigenvalue weighted by Gasteiger charge is 2.09. The van der Waals surface area contributed by atoms with Gasteiger partial charge in [-0.3, -0.25) is 0 Å². The van der Waals surface area contributed by atoms with Crippen molar-refractivity contribution in [1.29, 1.82) is 0 Å². The number of hydrogen-bond donors (Lipinski definition) is 3. The number of aromatic nitrogens is 2. The van der Waals surface area contributed by atoms with Crippen LogP contribution in [0.5, 0.6) is 0 Å². The van der Waals surface area contributed by atoms with Crippen molar-refractivity contribution >= 4 is 60.6 Å². The topological polar surface area (TPSA) is 75.9 Å². The van der Waals surface area contributed by atoms with Gasteiger partial charge in [0.1, 0.15) is 12.0 Å². The van der Waals surface area contributed by atoms with Crippen LogP contribution in [0, 0.1) is 0 Å². The van der Waals surface area contributed by atoms with Crippen LogP contribution in [0.25, 0.3) is 0 Å². The van der Waals surface area contributed by atoms with Gasteiger partial charge in [0.05, 0.1) is 0 Å². The molecule has 3 rings (SSSR count). The fourth-order valence-electron chi connectivity index (χ4n) is 2.00. The molecule has 5 nitrogen and oxygen atoms in total. The molecule has 0 atom stereocenters. The molecule has 0 bridgehead atoms. The predicted octanol–water partition coefficient (Wildman–Crippen LogP) is 5.07. The van der Waals surface area contributed by atoms with Gasteiger partial charge in [0, 0.05) is 20.3 Å². The summed E-state index contributed by atoms with van der Waals surface area (Å²) in [5, 5.41) is 6.39. The van der Waals surface area contributed by atoms with Gasteiger partial charge >= 0.3 is 0 Å². The third kappa shape index (κ3) is 4.00. The first-order chi connectivity index (χ1) is 11.1. The van der Waals surface area contributed by atoms with Gasteiger partial charge in [0.15, 0.2) is 11.6 Å². The fourth-order valence-corrected chi connectivity index (χ4v) is 2.80. The standard InChI is InChI=1S/C16H13Br2N5/c17-10-3-1-5-12(7-10)22-15-14(19)16(21-9-20-15)23-13-6-2-4-11(18)8-13/h1-9H,19H2,(H2,20,21,22,23). The number of hydrogen-bond acceptors (Lipinski definition) is 5. The summed E-state index contributed by atoms with van der Waals surface area (Å²) in [6.45, 7) is 0. The number of benzene rings is 2. The van der Waals surface area contributed by atoms with Gasteiger partial charge in [0.25, 0.3) is 0 Å². The van der Waals surface area contributed by atoms with Gasteiger partial charge < -0.3 is 16.4 Å². The van der Waals surface area contributed by atoms with Crippen molar-refractivity contribution in [1.82, 2.24) is 9.97 Å². The lowest BCUT2D eigenvalue weighted by molar-refractivity contribution is 1.17. The quantitative estimate of drug-likeness (QED) is 0.534. The zero-order chi connectivity index (χ0) is 16.2. The third-order valence-corrected chi connectivity index (χ3v) is 4.05. The summed E-state index contributed by atoms with van der Waals surface area (Å²) in [6.07, 6.45) is 1.47. The van der Waals surface area contributed by atoms with E-state index in [1.807, 2.05) is 48.5 Å². The maximum Gasteiger partial charge on any atom is 0.159 e. The predicted molar refractivity (Wildman–Crippen MR) is 101 cm³/mol. The maximum atomic E-state index is 6.18. The number of nitrogen functional groups attached to an aromatic ring is 1. The van der Waals surface area contributed by atoms with Gasteiger partial charge in [-0.25, -0.2) is 9.97 Å². The number of nitrogens with one attached hydrogen (secondary N) is 2. The monoisotopic (exact) mass is 433 g/mol. The number of nitrogens with two attached hydrogens (primary N) is 1. The largest absolute Gasteiger partial charge is 0.393 e. The second-order valence-corrected chi connectivity index (χ2v) is 6.59. The Balaban J connectivity index is 1.86. The van der Waals surface area contributed by atoms with Crippen molar-refractivity contribution in [2.75, 3.05) is 16.4 Å². The van der Waals surface area contributed by atoms with E-state index in [-0.39, 0.29) is 0 Å². The molecule has 0 aliphatic heterocycles. The lowest BCUT2D eigenvalue weighted by atomic mass is 10.3. The van der Waals surface area contributed by atoms with Crippen LogP contribution in [0.2, 0.25) is 0 Å². The Morgan fingerprint density at radius 2 is 1.26 bits per heavy atom. The van der Waals surface area contributed by atoms with E-state index in [9.17, 15) is 0 Å². The van der Waals surface area contributed by atoms with E-state index < -0.39 is 0 Å². The summed E-state index contributed by atoms with van der Waals surface area (Å²) in [7, 11) is 0. The van der Waals surface area contributed by atoms with E-state index in [1.54, 1.807) is 0 Å². The fraction of sp³-hybridized carbons (Fsp3) is 0. The molecule has 0 spiro atoms. The van der Waals surface area contributed by atoms with E-state index >= 15 is 0 Å². The molecule has 2 aromatic carbocycles. The van der Waals surface area contributed by atoms with Gasteiger partial charge in [-0.2, -0.15) is 0 Å². The highest BCUT2D eigenvalue weighted by Crippen LogP contribution is 2.29. The molecule has 7 heteroatoms. The van der Waals surface area contributed by atoms with Crippen LogP contribution in [0.15, 0.2) is 63.8 Å². The molecule has 3 aromatic rings. The molecule has 0 saturated heterocycles. The van der Waals surface area contributed by atoms with Crippen LogP contribution in [0.1, 0.15) is 0 Å². The van der Waals surface area contributed by atoms with Crippen molar-refractivity contribution in [3.63, 3.8) is 0 Å². The van der Waals surface area contributed by atoms with Gasteiger partial charge in [-0.15, -0.1) is 0 Å². The maximum absolute atomic E-state index is 6.18. The van der Waals surface area contributed by atoms with Crippen LogP contribution in [-0.2, 0) is 0 Å². The Bertz CT molecular complexity index is 772. The van der Waals surface area contributed by atoms with Gasteiger partial charge in [0.2, 0.25) is 0 Å². The molecule has 116 valence electrons. The zero-order valence-corrected chi connectivity index (χ0v) is 15.1. The minimum Gasteiger partial charge on any atom is -0.393 e. The average Bonchev–Trinajstić information content (AvgIpc) is 2.51. The molecule has 23 heavy (non-hydrogen) atoms. The van der Waals surface area contributed by atoms with Crippen LogP contribution >= 0.6 is 31.9 Å². The minimum absolute atomic E-state index is 0.451. The van der Waals surface area contributed by atoms with Crippen LogP contribution in [0.3, 0.4) is 0 Å². The van der Waals surface area contributed by atoms with Crippen molar-refractivity contribution < 1.29 is 0 Å². The second-order valence-electron chi connectivity index (χ2n) is 4.76. The number of anilines is 5. The van der Waals surface area contributed by atoms with Gasteiger partial charge in [-0.1, -0.05) is 44.0 Å². The lowest BCUT2D eigenvalue weighted by Crippen LogP contribution is -2.05. The Kier molecular flexibility index (Phi) is 4.78. The Labute approximate surface area is 150 Å². The molecule has 4 N–H and O–H groups in total. The second kappa shape index (κ2) is 6.97. The molecule has 1 aromatic heterocycles. The highest BCUT2D eigenvalue weighted by atomic mass is 79.9. The SMILES string of the molecule is Nc1c(Nc2cccc(Br)c2)ncnc1Nc1cccc(Br)c1. The third-order valence-electron chi connectivity index (χ3n) is 3.06. The molecule has 0 aliphatic carbocycles. The van der Waals surface area contributed by atoms with Crippen LogP contribution < -0.4 is 16.4 Å². The van der Waals surface area contributed by atoms with Crippen molar-refractivity contribution in [3.05, 3.63) is 63.8 Å². The molecule has 0 amide bonds. The van der Waals surface area contributed by atoms with Crippen LogP contribution in [-0.4, -0.2) is 9.97 Å². The molecular formula is C16H13Br2N5. The van der Waals surface area contributed by atoms with Crippen molar-refractivity contribution in [3.8, 4) is 0 Å². The number of rotatable bonds is 4. The summed E-state index contributed by atoms with van der Waals surface area (Å²) in [5.74, 6) is 1.10. The molecule has 0 radical (unpaired) electrons. The summed E-state index contributed by atoms with van der Waals surface area (Å²) < 4.78 is 1.95. The van der Waals surface area contributed by atoms with Crippen LogP contribution in [0.4, 0.5) is 28.7 Å². The molecule has 0 aliphatic rings. The summed E-state index contributed by atoms with van der Waals surface area (Å²) >= 11 is 6.88. The molecule has 1 heterocycles. The highest BCUT2D eigenvalue weighted by molar-refractivity contribution is 9.10. The van der Waals surface area contributed by atoms with Crippen molar-refractivity contribution in [2.24, 2.45) is 0 Å². The first-order valence-electron chi connectivity index (χ1n) is 6.77. The average molecular weight is 435 g/mol. The number of nitrogens with zero attached hydrogens (tertiary/aromatic N) is 2. The Morgan fingerprint density at radius 1 is 0.783 bits per heavy atom. The summed E-state index contributed by atoms with van der Waals surface area (Å²) in [5.41, 5.74) is 8.41. The Hall–Kier alpha value is -2.12. The smallest absolute Gasteiger partial charge is 0.159 e. The Morgan fingerprint density at radius 3 is 1.70 bits per heavy atom.